The molecule has 0 spiro atoms. The van der Waals surface area contributed by atoms with Crippen LogP contribution in [0, 0.1) is 0 Å². The minimum absolute atomic E-state index is 0.192. The van der Waals surface area contributed by atoms with Gasteiger partial charge in [-0.05, 0) is 17.7 Å². The molecule has 0 aliphatic rings. The van der Waals surface area contributed by atoms with Crippen LogP contribution in [0.15, 0.2) is 30.3 Å². The van der Waals surface area contributed by atoms with Crippen molar-refractivity contribution in [2.75, 3.05) is 24.8 Å². The molecule has 0 bridgehead atoms. The zero-order chi connectivity index (χ0) is 13.8. The number of benzene rings is 1. The van der Waals surface area contributed by atoms with Gasteiger partial charge in [0.25, 0.3) is 0 Å². The molecular weight excluding hydrogens is 264 g/mol. The monoisotopic (exact) mass is 278 g/mol. The summed E-state index contributed by atoms with van der Waals surface area (Å²) in [6, 6.07) is 9.41. The van der Waals surface area contributed by atoms with Gasteiger partial charge in [0.15, 0.2) is 0 Å². The Morgan fingerprint density at radius 2 is 1.95 bits per heavy atom. The van der Waals surface area contributed by atoms with Crippen LogP contribution < -0.4 is 15.4 Å². The Morgan fingerprint density at radius 3 is 2.58 bits per heavy atom. The molecule has 0 amide bonds. The van der Waals surface area contributed by atoms with Crippen LogP contribution in [0.25, 0.3) is 0 Å². The molecule has 2 N–H and O–H groups in total. The number of hydrogen-bond donors (Lipinski definition) is 1. The molecule has 0 fully saturated rings. The molecule has 19 heavy (non-hydrogen) atoms. The van der Waals surface area contributed by atoms with Gasteiger partial charge in [-0.15, -0.1) is 0 Å². The van der Waals surface area contributed by atoms with Crippen LogP contribution in [0.3, 0.4) is 0 Å². The van der Waals surface area contributed by atoms with Crippen molar-refractivity contribution < 1.29 is 4.74 Å². The van der Waals surface area contributed by atoms with E-state index in [4.69, 9.17) is 22.1 Å². The Hall–Kier alpha value is -2.01. The van der Waals surface area contributed by atoms with Crippen LogP contribution >= 0.6 is 11.6 Å². The molecule has 1 aromatic carbocycles. The topological polar surface area (TPSA) is 64.3 Å². The summed E-state index contributed by atoms with van der Waals surface area (Å²) in [5, 5.41) is 0.722. The standard InChI is InChI=1S/C13H15ClN4O/c1-18(8-9-3-5-10(14)6-4-9)11-7-12(19-2)17-13(15)16-11/h3-7H,8H2,1-2H3,(H2,15,16,17). The Labute approximate surface area is 117 Å². The van der Waals surface area contributed by atoms with Crippen molar-refractivity contribution in [2.24, 2.45) is 0 Å². The van der Waals surface area contributed by atoms with Crippen molar-refractivity contribution in [3.63, 3.8) is 0 Å². The lowest BCUT2D eigenvalue weighted by atomic mass is 10.2. The van der Waals surface area contributed by atoms with E-state index in [1.165, 1.54) is 0 Å². The Morgan fingerprint density at radius 1 is 1.26 bits per heavy atom. The fourth-order valence-electron chi connectivity index (χ4n) is 1.68. The molecule has 0 saturated heterocycles. The third-order valence-electron chi connectivity index (χ3n) is 2.64. The largest absolute Gasteiger partial charge is 0.481 e. The number of anilines is 2. The summed E-state index contributed by atoms with van der Waals surface area (Å²) < 4.78 is 5.08. The average molecular weight is 279 g/mol. The van der Waals surface area contributed by atoms with Crippen LogP contribution in [0.2, 0.25) is 5.02 Å². The fraction of sp³-hybridized carbons (Fsp3) is 0.231. The quantitative estimate of drug-likeness (QED) is 0.930. The van der Waals surface area contributed by atoms with Gasteiger partial charge in [-0.1, -0.05) is 23.7 Å². The Bertz CT molecular complexity index is 559. The predicted octanol–water partition coefficient (Wildman–Crippen LogP) is 2.36. The molecule has 0 aliphatic heterocycles. The van der Waals surface area contributed by atoms with Gasteiger partial charge < -0.3 is 15.4 Å². The number of methoxy groups -OCH3 is 1. The van der Waals surface area contributed by atoms with Gasteiger partial charge in [-0.25, -0.2) is 0 Å². The molecule has 1 heterocycles. The maximum absolute atomic E-state index is 5.86. The molecule has 0 saturated carbocycles. The molecule has 0 unspecified atom stereocenters. The Kier molecular flexibility index (Phi) is 4.06. The highest BCUT2D eigenvalue weighted by Crippen LogP contribution is 2.19. The van der Waals surface area contributed by atoms with E-state index >= 15 is 0 Å². The molecule has 0 aliphatic carbocycles. The van der Waals surface area contributed by atoms with Gasteiger partial charge >= 0.3 is 0 Å². The first-order valence-corrected chi connectivity index (χ1v) is 6.10. The number of hydrogen-bond acceptors (Lipinski definition) is 5. The summed E-state index contributed by atoms with van der Waals surface area (Å²) in [5.74, 6) is 1.35. The van der Waals surface area contributed by atoms with Crippen molar-refractivity contribution in [1.82, 2.24) is 9.97 Å². The summed E-state index contributed by atoms with van der Waals surface area (Å²) in [6.45, 7) is 0.691. The van der Waals surface area contributed by atoms with E-state index in [0.717, 1.165) is 10.6 Å². The van der Waals surface area contributed by atoms with Gasteiger partial charge in [0.05, 0.1) is 7.11 Å². The van der Waals surface area contributed by atoms with E-state index in [1.807, 2.05) is 36.2 Å². The van der Waals surface area contributed by atoms with E-state index in [9.17, 15) is 0 Å². The van der Waals surface area contributed by atoms with Gasteiger partial charge in [-0.2, -0.15) is 9.97 Å². The summed E-state index contributed by atoms with van der Waals surface area (Å²) in [7, 11) is 3.47. The zero-order valence-electron chi connectivity index (χ0n) is 10.8. The van der Waals surface area contributed by atoms with Crippen molar-refractivity contribution in [1.29, 1.82) is 0 Å². The van der Waals surface area contributed by atoms with E-state index < -0.39 is 0 Å². The molecular formula is C13H15ClN4O. The summed E-state index contributed by atoms with van der Waals surface area (Å²) in [4.78, 5) is 10.1. The lowest BCUT2D eigenvalue weighted by Crippen LogP contribution is -2.18. The summed E-state index contributed by atoms with van der Waals surface area (Å²) in [6.07, 6.45) is 0. The van der Waals surface area contributed by atoms with Crippen LogP contribution in [-0.4, -0.2) is 24.1 Å². The number of halogens is 1. The normalized spacial score (nSPS) is 10.3. The number of nitrogens with zero attached hydrogens (tertiary/aromatic N) is 3. The van der Waals surface area contributed by atoms with E-state index in [-0.39, 0.29) is 5.95 Å². The van der Waals surface area contributed by atoms with Crippen molar-refractivity contribution in [2.45, 2.75) is 6.54 Å². The Balaban J connectivity index is 2.17. The van der Waals surface area contributed by atoms with Gasteiger partial charge in [0, 0.05) is 24.7 Å². The molecule has 0 radical (unpaired) electrons. The predicted molar refractivity (Wildman–Crippen MR) is 76.6 cm³/mol. The maximum Gasteiger partial charge on any atom is 0.225 e. The molecule has 100 valence electrons. The molecule has 6 heteroatoms. The first-order valence-electron chi connectivity index (χ1n) is 5.72. The van der Waals surface area contributed by atoms with E-state index in [1.54, 1.807) is 13.2 Å². The first kappa shape index (κ1) is 13.4. The zero-order valence-corrected chi connectivity index (χ0v) is 11.6. The number of nitrogens with two attached hydrogens (primary N) is 1. The second-order valence-electron chi connectivity index (χ2n) is 4.11. The van der Waals surface area contributed by atoms with Crippen molar-refractivity contribution in [3.05, 3.63) is 40.9 Å². The average Bonchev–Trinajstić information content (AvgIpc) is 2.40. The molecule has 0 atom stereocenters. The van der Waals surface area contributed by atoms with Crippen molar-refractivity contribution >= 4 is 23.4 Å². The van der Waals surface area contributed by atoms with E-state index in [0.29, 0.717) is 18.2 Å². The third kappa shape index (κ3) is 3.48. The van der Waals surface area contributed by atoms with Gasteiger partial charge in [0.1, 0.15) is 5.82 Å². The number of aromatic nitrogens is 2. The molecule has 5 nitrogen and oxygen atoms in total. The highest BCUT2D eigenvalue weighted by atomic mass is 35.5. The molecule has 2 aromatic rings. The SMILES string of the molecule is COc1cc(N(C)Cc2ccc(Cl)cc2)nc(N)n1. The highest BCUT2D eigenvalue weighted by molar-refractivity contribution is 6.30. The minimum Gasteiger partial charge on any atom is -0.481 e. The maximum atomic E-state index is 5.86. The van der Waals surface area contributed by atoms with Gasteiger partial charge in [-0.3, -0.25) is 0 Å². The number of ether oxygens (including phenoxy) is 1. The fourth-order valence-corrected chi connectivity index (χ4v) is 1.80. The van der Waals surface area contributed by atoms with E-state index in [2.05, 4.69) is 9.97 Å². The second-order valence-corrected chi connectivity index (χ2v) is 4.55. The first-order chi connectivity index (χ1) is 9.08. The van der Waals surface area contributed by atoms with Crippen LogP contribution in [0.1, 0.15) is 5.56 Å². The second kappa shape index (κ2) is 5.75. The van der Waals surface area contributed by atoms with Crippen molar-refractivity contribution in [3.8, 4) is 5.88 Å². The van der Waals surface area contributed by atoms with Crippen LogP contribution in [-0.2, 0) is 6.54 Å². The summed E-state index contributed by atoms with van der Waals surface area (Å²) >= 11 is 5.86. The number of nitrogen functional groups attached to an aromatic ring is 1. The lowest BCUT2D eigenvalue weighted by molar-refractivity contribution is 0.397. The highest BCUT2D eigenvalue weighted by Gasteiger charge is 2.08. The van der Waals surface area contributed by atoms with Crippen LogP contribution in [0.4, 0.5) is 11.8 Å². The molecule has 1 aromatic heterocycles. The van der Waals surface area contributed by atoms with Crippen LogP contribution in [0.5, 0.6) is 5.88 Å². The van der Waals surface area contributed by atoms with Gasteiger partial charge in [0.2, 0.25) is 11.8 Å². The smallest absolute Gasteiger partial charge is 0.225 e. The lowest BCUT2D eigenvalue weighted by Gasteiger charge is -2.18. The number of rotatable bonds is 4. The third-order valence-corrected chi connectivity index (χ3v) is 2.89. The molecule has 2 rings (SSSR count). The minimum atomic E-state index is 0.192. The summed E-state index contributed by atoms with van der Waals surface area (Å²) in [5.41, 5.74) is 6.77.